The summed E-state index contributed by atoms with van der Waals surface area (Å²) >= 11 is 0. The number of aromatic amines is 1. The molecule has 0 bridgehead atoms. The van der Waals surface area contributed by atoms with Gasteiger partial charge in [-0.1, -0.05) is 30.3 Å². The summed E-state index contributed by atoms with van der Waals surface area (Å²) in [7, 11) is -3.84. The fourth-order valence-electron chi connectivity index (χ4n) is 3.42. The van der Waals surface area contributed by atoms with E-state index in [4.69, 9.17) is 9.47 Å². The summed E-state index contributed by atoms with van der Waals surface area (Å²) in [6.07, 6.45) is 0. The van der Waals surface area contributed by atoms with Gasteiger partial charge in [0.1, 0.15) is 18.9 Å². The maximum Gasteiger partial charge on any atom is 0.273 e. The van der Waals surface area contributed by atoms with Crippen LogP contribution in [0.15, 0.2) is 83.8 Å². The Morgan fingerprint density at radius 1 is 0.853 bits per heavy atom. The maximum atomic E-state index is 12.8. The van der Waals surface area contributed by atoms with Crippen LogP contribution in [0.2, 0.25) is 0 Å². The van der Waals surface area contributed by atoms with Crippen molar-refractivity contribution >= 4 is 27.3 Å². The van der Waals surface area contributed by atoms with Crippen LogP contribution in [0, 0.1) is 0 Å². The van der Waals surface area contributed by atoms with Gasteiger partial charge in [-0.05, 0) is 42.5 Å². The first kappa shape index (κ1) is 21.5. The number of nitrogens with one attached hydrogen (secondary N) is 3. The van der Waals surface area contributed by atoms with Crippen molar-refractivity contribution in [1.29, 1.82) is 0 Å². The predicted octanol–water partition coefficient (Wildman–Crippen LogP) is 3.90. The SMILES string of the molecule is O=C(Nc1ccc(NS(=O)(=O)c2ccc3c(c2)OCCO3)cc1)c1cc(-c2ccccc2)n[nH]1. The minimum atomic E-state index is -3.84. The summed E-state index contributed by atoms with van der Waals surface area (Å²) in [5.41, 5.74) is 2.72. The summed E-state index contributed by atoms with van der Waals surface area (Å²) < 4.78 is 38.9. The molecule has 1 aliphatic rings. The molecule has 4 aromatic rings. The zero-order chi connectivity index (χ0) is 23.5. The Morgan fingerprint density at radius 2 is 1.56 bits per heavy atom. The van der Waals surface area contributed by atoms with Crippen LogP contribution >= 0.6 is 0 Å². The van der Waals surface area contributed by atoms with Crippen LogP contribution in [-0.4, -0.2) is 37.7 Å². The molecular weight excluding hydrogens is 456 g/mol. The molecule has 0 saturated heterocycles. The highest BCUT2D eigenvalue weighted by Crippen LogP contribution is 2.32. The Hall–Kier alpha value is -4.31. The number of hydrogen-bond donors (Lipinski definition) is 3. The summed E-state index contributed by atoms with van der Waals surface area (Å²) in [6.45, 7) is 0.790. The fraction of sp³-hybridized carbons (Fsp3) is 0.0833. The lowest BCUT2D eigenvalue weighted by molar-refractivity contribution is 0.102. The molecule has 0 radical (unpaired) electrons. The van der Waals surface area contributed by atoms with E-state index in [1.54, 1.807) is 36.4 Å². The minimum absolute atomic E-state index is 0.0580. The summed E-state index contributed by atoms with van der Waals surface area (Å²) in [6, 6.07) is 22.0. The summed E-state index contributed by atoms with van der Waals surface area (Å²) in [5, 5.41) is 9.67. The van der Waals surface area contributed by atoms with Gasteiger partial charge in [0.15, 0.2) is 11.5 Å². The lowest BCUT2D eigenvalue weighted by atomic mass is 10.1. The molecule has 0 aliphatic carbocycles. The second-order valence-corrected chi connectivity index (χ2v) is 9.16. The second-order valence-electron chi connectivity index (χ2n) is 7.48. The number of hydrogen-bond acceptors (Lipinski definition) is 6. The fourth-order valence-corrected chi connectivity index (χ4v) is 4.49. The number of fused-ring (bicyclic) bond motifs is 1. The van der Waals surface area contributed by atoms with Gasteiger partial charge >= 0.3 is 0 Å². The number of H-pyrrole nitrogens is 1. The third-order valence-corrected chi connectivity index (χ3v) is 6.49. The number of rotatable bonds is 6. The third kappa shape index (κ3) is 4.57. The van der Waals surface area contributed by atoms with E-state index < -0.39 is 10.0 Å². The normalized spacial score (nSPS) is 12.7. The molecule has 0 fully saturated rings. The highest BCUT2D eigenvalue weighted by Gasteiger charge is 2.19. The van der Waals surface area contributed by atoms with Crippen molar-refractivity contribution in [3.05, 3.63) is 84.6 Å². The number of ether oxygens (including phenoxy) is 2. The molecule has 1 aromatic heterocycles. The Balaban J connectivity index is 1.25. The monoisotopic (exact) mass is 476 g/mol. The Kier molecular flexibility index (Phi) is 5.64. The van der Waals surface area contributed by atoms with Crippen molar-refractivity contribution in [2.45, 2.75) is 4.90 Å². The van der Waals surface area contributed by atoms with Crippen molar-refractivity contribution in [2.24, 2.45) is 0 Å². The number of aromatic nitrogens is 2. The van der Waals surface area contributed by atoms with E-state index >= 15 is 0 Å². The van der Waals surface area contributed by atoms with E-state index in [1.807, 2.05) is 30.3 Å². The molecule has 10 heteroatoms. The van der Waals surface area contributed by atoms with Crippen LogP contribution in [0.3, 0.4) is 0 Å². The third-order valence-electron chi connectivity index (χ3n) is 5.11. The molecule has 0 spiro atoms. The quantitative estimate of drug-likeness (QED) is 0.388. The van der Waals surface area contributed by atoms with Gasteiger partial charge in [0.05, 0.1) is 10.6 Å². The predicted molar refractivity (Wildman–Crippen MR) is 127 cm³/mol. The van der Waals surface area contributed by atoms with Gasteiger partial charge in [0, 0.05) is 23.0 Å². The molecule has 2 heterocycles. The summed E-state index contributed by atoms with van der Waals surface area (Å²) in [5.74, 6) is 0.541. The number of anilines is 2. The van der Waals surface area contributed by atoms with Crippen LogP contribution in [0.4, 0.5) is 11.4 Å². The minimum Gasteiger partial charge on any atom is -0.486 e. The highest BCUT2D eigenvalue weighted by atomic mass is 32.2. The van der Waals surface area contributed by atoms with E-state index in [9.17, 15) is 13.2 Å². The molecule has 172 valence electrons. The Bertz CT molecular complexity index is 1430. The van der Waals surface area contributed by atoms with Crippen LogP contribution in [0.25, 0.3) is 11.3 Å². The average molecular weight is 477 g/mol. The van der Waals surface area contributed by atoms with Crippen molar-refractivity contribution in [1.82, 2.24) is 10.2 Å². The molecule has 3 aromatic carbocycles. The van der Waals surface area contributed by atoms with E-state index in [0.717, 1.165) is 5.56 Å². The van der Waals surface area contributed by atoms with Gasteiger partial charge in [-0.25, -0.2) is 8.42 Å². The molecule has 1 amide bonds. The smallest absolute Gasteiger partial charge is 0.273 e. The van der Waals surface area contributed by atoms with Gasteiger partial charge in [-0.3, -0.25) is 14.6 Å². The van der Waals surface area contributed by atoms with E-state index in [2.05, 4.69) is 20.2 Å². The Labute approximate surface area is 195 Å². The first-order valence-electron chi connectivity index (χ1n) is 10.4. The molecule has 0 unspecified atom stereocenters. The number of sulfonamides is 1. The van der Waals surface area contributed by atoms with Crippen LogP contribution in [-0.2, 0) is 10.0 Å². The number of carbonyl (C=O) groups excluding carboxylic acids is 1. The number of benzene rings is 3. The largest absolute Gasteiger partial charge is 0.486 e. The lowest BCUT2D eigenvalue weighted by Gasteiger charge is -2.19. The van der Waals surface area contributed by atoms with Gasteiger partial charge in [-0.2, -0.15) is 5.10 Å². The molecule has 5 rings (SSSR count). The summed E-state index contributed by atoms with van der Waals surface area (Å²) in [4.78, 5) is 12.6. The van der Waals surface area contributed by atoms with Crippen molar-refractivity contribution in [3.8, 4) is 22.8 Å². The number of carbonyl (C=O) groups is 1. The number of amides is 1. The molecule has 3 N–H and O–H groups in total. The average Bonchev–Trinajstić information content (AvgIpc) is 3.36. The molecule has 0 atom stereocenters. The first-order chi connectivity index (χ1) is 16.5. The van der Waals surface area contributed by atoms with Crippen LogP contribution in [0.5, 0.6) is 11.5 Å². The lowest BCUT2D eigenvalue weighted by Crippen LogP contribution is -2.17. The van der Waals surface area contributed by atoms with Crippen molar-refractivity contribution < 1.29 is 22.7 Å². The van der Waals surface area contributed by atoms with Gasteiger partial charge < -0.3 is 14.8 Å². The Morgan fingerprint density at radius 3 is 2.32 bits per heavy atom. The number of nitrogens with zero attached hydrogens (tertiary/aromatic N) is 1. The molecular formula is C24H20N4O5S. The van der Waals surface area contributed by atoms with E-state index in [0.29, 0.717) is 47.5 Å². The van der Waals surface area contributed by atoms with Gasteiger partial charge in [-0.15, -0.1) is 0 Å². The van der Waals surface area contributed by atoms with Gasteiger partial charge in [0.2, 0.25) is 0 Å². The van der Waals surface area contributed by atoms with Gasteiger partial charge in [0.25, 0.3) is 15.9 Å². The standard InChI is InChI=1S/C24H20N4O5S/c29-24(21-15-20(26-27-21)16-4-2-1-3-5-16)25-17-6-8-18(9-7-17)28-34(30,31)19-10-11-22-23(14-19)33-13-12-32-22/h1-11,14-15,28H,12-13H2,(H,25,29)(H,26,27). The maximum absolute atomic E-state index is 12.8. The first-order valence-corrected chi connectivity index (χ1v) is 11.9. The zero-order valence-corrected chi connectivity index (χ0v) is 18.6. The van der Waals surface area contributed by atoms with Crippen molar-refractivity contribution in [2.75, 3.05) is 23.3 Å². The van der Waals surface area contributed by atoms with E-state index in [-0.39, 0.29) is 10.8 Å². The molecule has 34 heavy (non-hydrogen) atoms. The zero-order valence-electron chi connectivity index (χ0n) is 17.8. The highest BCUT2D eigenvalue weighted by molar-refractivity contribution is 7.92. The molecule has 9 nitrogen and oxygen atoms in total. The van der Waals surface area contributed by atoms with Crippen LogP contribution in [0.1, 0.15) is 10.5 Å². The van der Waals surface area contributed by atoms with E-state index in [1.165, 1.54) is 12.1 Å². The molecule has 0 saturated carbocycles. The second kappa shape index (κ2) is 8.91. The van der Waals surface area contributed by atoms with Crippen molar-refractivity contribution in [3.63, 3.8) is 0 Å². The topological polar surface area (TPSA) is 122 Å². The molecule has 1 aliphatic heterocycles. The van der Waals surface area contributed by atoms with Crippen LogP contribution < -0.4 is 19.5 Å².